The molecule has 0 bridgehead atoms. The van der Waals surface area contributed by atoms with E-state index < -0.39 is 17.5 Å². The lowest BCUT2D eigenvalue weighted by Crippen LogP contribution is -2.47. The summed E-state index contributed by atoms with van der Waals surface area (Å²) in [5.41, 5.74) is 0.00245. The van der Waals surface area contributed by atoms with Gasteiger partial charge in [-0.05, 0) is 5.92 Å². The molecule has 1 aromatic carbocycles. The lowest BCUT2D eigenvalue weighted by molar-refractivity contribution is 0.122. The van der Waals surface area contributed by atoms with Gasteiger partial charge in [-0.2, -0.15) is 0 Å². The van der Waals surface area contributed by atoms with Gasteiger partial charge in [-0.1, -0.05) is 20.3 Å². The highest BCUT2D eigenvalue weighted by Gasteiger charge is 2.31. The summed E-state index contributed by atoms with van der Waals surface area (Å²) >= 11 is 0. The summed E-state index contributed by atoms with van der Waals surface area (Å²) in [6.45, 7) is 7.07. The van der Waals surface area contributed by atoms with Crippen LogP contribution >= 0.6 is 24.8 Å². The first-order valence-electron chi connectivity index (χ1n) is 7.13. The second kappa shape index (κ2) is 9.60. The average Bonchev–Trinajstić information content (AvgIpc) is 2.42. The number of nitrogens with zero attached hydrogens (tertiary/aromatic N) is 1. The molecule has 0 aliphatic carbocycles. The molecule has 128 valence electrons. The Morgan fingerprint density at radius 2 is 1.59 bits per heavy atom. The Labute approximate surface area is 142 Å². The molecule has 22 heavy (non-hydrogen) atoms. The SMILES string of the molecule is CCC(C)[C@@H](c1c(F)cc(F)cc1F)N1CCNCC1.Cl.Cl. The first-order chi connectivity index (χ1) is 9.54. The van der Waals surface area contributed by atoms with Gasteiger partial charge in [0.25, 0.3) is 0 Å². The molecule has 0 spiro atoms. The van der Waals surface area contributed by atoms with Gasteiger partial charge in [0.05, 0.1) is 0 Å². The van der Waals surface area contributed by atoms with Gasteiger partial charge in [-0.15, -0.1) is 24.8 Å². The minimum atomic E-state index is -0.869. The van der Waals surface area contributed by atoms with E-state index in [1.807, 2.05) is 13.8 Å². The molecule has 0 radical (unpaired) electrons. The molecule has 2 rings (SSSR count). The molecule has 1 saturated heterocycles. The van der Waals surface area contributed by atoms with E-state index in [1.54, 1.807) is 0 Å². The molecular formula is C15H23Cl2F3N2. The number of nitrogens with one attached hydrogen (secondary N) is 1. The Hall–Kier alpha value is -0.490. The fraction of sp³-hybridized carbons (Fsp3) is 0.600. The molecule has 1 N–H and O–H groups in total. The van der Waals surface area contributed by atoms with Gasteiger partial charge in [0.1, 0.15) is 17.5 Å². The molecule has 0 amide bonds. The zero-order chi connectivity index (χ0) is 14.7. The number of hydrogen-bond donors (Lipinski definition) is 1. The summed E-state index contributed by atoms with van der Waals surface area (Å²) in [6.07, 6.45) is 0.810. The molecule has 2 atom stereocenters. The monoisotopic (exact) mass is 358 g/mol. The van der Waals surface area contributed by atoms with Crippen molar-refractivity contribution in [3.05, 3.63) is 35.1 Å². The van der Waals surface area contributed by atoms with Crippen LogP contribution in [0.1, 0.15) is 31.9 Å². The standard InChI is InChI=1S/C15H21F3N2.2ClH/c1-3-10(2)15(20-6-4-19-5-7-20)14-12(17)8-11(16)9-13(14)18;;/h8-10,15,19H,3-7H2,1-2H3;2*1H/t10?,15-;;/m0../s1. The van der Waals surface area contributed by atoms with Crippen molar-refractivity contribution in [1.82, 2.24) is 10.2 Å². The minimum Gasteiger partial charge on any atom is -0.314 e. The van der Waals surface area contributed by atoms with Crippen LogP contribution in [0.5, 0.6) is 0 Å². The predicted octanol–water partition coefficient (Wildman–Crippen LogP) is 3.94. The highest BCUT2D eigenvalue weighted by molar-refractivity contribution is 5.85. The van der Waals surface area contributed by atoms with Gasteiger partial charge in [-0.3, -0.25) is 4.90 Å². The van der Waals surface area contributed by atoms with E-state index in [9.17, 15) is 13.2 Å². The maximum atomic E-state index is 14.1. The van der Waals surface area contributed by atoms with Gasteiger partial charge in [-0.25, -0.2) is 13.2 Å². The molecule has 0 aromatic heterocycles. The number of halogens is 5. The quantitative estimate of drug-likeness (QED) is 0.876. The summed E-state index contributed by atoms with van der Waals surface area (Å²) < 4.78 is 41.3. The molecule has 1 heterocycles. The van der Waals surface area contributed by atoms with Gasteiger partial charge in [0.2, 0.25) is 0 Å². The van der Waals surface area contributed by atoms with Crippen molar-refractivity contribution in [3.63, 3.8) is 0 Å². The lowest BCUT2D eigenvalue weighted by Gasteiger charge is -2.38. The van der Waals surface area contributed by atoms with Crippen molar-refractivity contribution in [2.45, 2.75) is 26.3 Å². The second-order valence-electron chi connectivity index (χ2n) is 5.40. The van der Waals surface area contributed by atoms with Crippen molar-refractivity contribution in [2.75, 3.05) is 26.2 Å². The fourth-order valence-electron chi connectivity index (χ4n) is 2.85. The number of hydrogen-bond acceptors (Lipinski definition) is 2. The summed E-state index contributed by atoms with van der Waals surface area (Å²) in [4.78, 5) is 2.09. The highest BCUT2D eigenvalue weighted by atomic mass is 35.5. The van der Waals surface area contributed by atoms with Crippen LogP contribution < -0.4 is 5.32 Å². The molecule has 7 heteroatoms. The molecule has 0 saturated carbocycles. The Morgan fingerprint density at radius 1 is 1.09 bits per heavy atom. The normalized spacial score (nSPS) is 18.0. The molecule has 1 unspecified atom stereocenters. The van der Waals surface area contributed by atoms with Gasteiger partial charge < -0.3 is 5.32 Å². The van der Waals surface area contributed by atoms with Gasteiger partial charge in [0, 0.05) is 49.9 Å². The van der Waals surface area contributed by atoms with Crippen LogP contribution in [0.15, 0.2) is 12.1 Å². The molecule has 2 nitrogen and oxygen atoms in total. The first kappa shape index (κ1) is 21.5. The topological polar surface area (TPSA) is 15.3 Å². The third kappa shape index (κ3) is 4.75. The summed E-state index contributed by atoms with van der Waals surface area (Å²) in [5.74, 6) is -2.34. The van der Waals surface area contributed by atoms with E-state index in [-0.39, 0.29) is 42.3 Å². The number of benzene rings is 1. The Balaban J connectivity index is 0.00000220. The largest absolute Gasteiger partial charge is 0.314 e. The lowest BCUT2D eigenvalue weighted by atomic mass is 9.89. The smallest absolute Gasteiger partial charge is 0.133 e. The maximum Gasteiger partial charge on any atom is 0.133 e. The third-order valence-corrected chi connectivity index (χ3v) is 4.07. The summed E-state index contributed by atoms with van der Waals surface area (Å²) in [6, 6.07) is 1.20. The van der Waals surface area contributed by atoms with Gasteiger partial charge in [0.15, 0.2) is 0 Å². The predicted molar refractivity (Wildman–Crippen MR) is 87.5 cm³/mol. The van der Waals surface area contributed by atoms with E-state index >= 15 is 0 Å². The molecule has 1 aromatic rings. The molecular weight excluding hydrogens is 336 g/mol. The van der Waals surface area contributed by atoms with E-state index in [4.69, 9.17) is 0 Å². The molecule has 1 fully saturated rings. The highest BCUT2D eigenvalue weighted by Crippen LogP contribution is 2.34. The van der Waals surface area contributed by atoms with Crippen LogP contribution in [0.2, 0.25) is 0 Å². The van der Waals surface area contributed by atoms with Crippen molar-refractivity contribution >= 4 is 24.8 Å². The maximum absolute atomic E-state index is 14.1. The van der Waals surface area contributed by atoms with Crippen LogP contribution in [0.3, 0.4) is 0 Å². The summed E-state index contributed by atoms with van der Waals surface area (Å²) in [5, 5.41) is 3.23. The van der Waals surface area contributed by atoms with E-state index in [1.165, 1.54) is 0 Å². The van der Waals surface area contributed by atoms with Gasteiger partial charge >= 0.3 is 0 Å². The van der Waals surface area contributed by atoms with Crippen molar-refractivity contribution in [2.24, 2.45) is 5.92 Å². The Kier molecular flexibility index (Phi) is 9.39. The van der Waals surface area contributed by atoms with Crippen LogP contribution in [-0.2, 0) is 0 Å². The first-order valence-corrected chi connectivity index (χ1v) is 7.13. The van der Waals surface area contributed by atoms with Crippen molar-refractivity contribution < 1.29 is 13.2 Å². The van der Waals surface area contributed by atoms with Crippen molar-refractivity contribution in [3.8, 4) is 0 Å². The van der Waals surface area contributed by atoms with Crippen LogP contribution in [0.25, 0.3) is 0 Å². The zero-order valence-electron chi connectivity index (χ0n) is 12.7. The average molecular weight is 359 g/mol. The van der Waals surface area contributed by atoms with Crippen molar-refractivity contribution in [1.29, 1.82) is 0 Å². The molecule has 1 aliphatic rings. The fourth-order valence-corrected chi connectivity index (χ4v) is 2.85. The van der Waals surface area contributed by atoms with E-state index in [0.717, 1.165) is 44.7 Å². The van der Waals surface area contributed by atoms with E-state index in [2.05, 4.69) is 10.2 Å². The second-order valence-corrected chi connectivity index (χ2v) is 5.40. The van der Waals surface area contributed by atoms with Crippen LogP contribution in [0.4, 0.5) is 13.2 Å². The number of piperazine rings is 1. The summed E-state index contributed by atoms with van der Waals surface area (Å²) in [7, 11) is 0. The molecule has 1 aliphatic heterocycles. The van der Waals surface area contributed by atoms with E-state index in [0.29, 0.717) is 0 Å². The third-order valence-electron chi connectivity index (χ3n) is 4.07. The Morgan fingerprint density at radius 3 is 2.05 bits per heavy atom. The Bertz CT molecular complexity index is 445. The minimum absolute atomic E-state index is 0. The van der Waals surface area contributed by atoms with Crippen LogP contribution in [-0.4, -0.2) is 31.1 Å². The number of rotatable bonds is 4. The zero-order valence-corrected chi connectivity index (χ0v) is 14.4. The van der Waals surface area contributed by atoms with Crippen LogP contribution in [0, 0.1) is 23.4 Å².